The van der Waals surface area contributed by atoms with Crippen LogP contribution < -0.4 is 11.1 Å². The SMILES string of the molecule is CC(Cc1ccc(F)cc1)NC(=O)c1ccc(N)nn1. The van der Waals surface area contributed by atoms with Crippen LogP contribution >= 0.6 is 0 Å². The zero-order chi connectivity index (χ0) is 14.5. The number of anilines is 1. The standard InChI is InChI=1S/C14H15FN4O/c1-9(8-10-2-4-11(15)5-3-10)17-14(20)12-6-7-13(16)19-18-12/h2-7,9H,8H2,1H3,(H2,16,19)(H,17,20). The molecule has 1 aromatic heterocycles. The Hall–Kier alpha value is -2.50. The molecule has 6 heteroatoms. The third-order valence-electron chi connectivity index (χ3n) is 2.75. The molecule has 20 heavy (non-hydrogen) atoms. The van der Waals surface area contributed by atoms with Crippen molar-refractivity contribution in [2.24, 2.45) is 0 Å². The van der Waals surface area contributed by atoms with Crippen molar-refractivity contribution >= 4 is 11.7 Å². The molecule has 0 aliphatic rings. The van der Waals surface area contributed by atoms with E-state index in [1.54, 1.807) is 12.1 Å². The molecule has 0 saturated carbocycles. The molecule has 1 aromatic carbocycles. The molecule has 0 saturated heterocycles. The summed E-state index contributed by atoms with van der Waals surface area (Å²) in [7, 11) is 0. The average molecular weight is 274 g/mol. The van der Waals surface area contributed by atoms with Crippen LogP contribution in [-0.2, 0) is 6.42 Å². The predicted molar refractivity (Wildman–Crippen MR) is 73.5 cm³/mol. The van der Waals surface area contributed by atoms with Gasteiger partial charge >= 0.3 is 0 Å². The largest absolute Gasteiger partial charge is 0.382 e. The fourth-order valence-electron chi connectivity index (χ4n) is 1.79. The number of nitrogens with two attached hydrogens (primary N) is 1. The van der Waals surface area contributed by atoms with Gasteiger partial charge in [-0.3, -0.25) is 4.79 Å². The number of nitrogens with one attached hydrogen (secondary N) is 1. The van der Waals surface area contributed by atoms with Gasteiger partial charge in [-0.05, 0) is 43.2 Å². The summed E-state index contributed by atoms with van der Waals surface area (Å²) in [6, 6.07) is 9.12. The van der Waals surface area contributed by atoms with E-state index in [-0.39, 0.29) is 29.3 Å². The highest BCUT2D eigenvalue weighted by Crippen LogP contribution is 2.06. The fourth-order valence-corrected chi connectivity index (χ4v) is 1.79. The van der Waals surface area contributed by atoms with Crippen LogP contribution in [0, 0.1) is 5.82 Å². The molecule has 1 unspecified atom stereocenters. The van der Waals surface area contributed by atoms with Gasteiger partial charge in [0.1, 0.15) is 11.6 Å². The van der Waals surface area contributed by atoms with Crippen LogP contribution in [0.3, 0.4) is 0 Å². The molecule has 0 fully saturated rings. The number of hydrogen-bond donors (Lipinski definition) is 2. The first-order chi connectivity index (χ1) is 9.54. The van der Waals surface area contributed by atoms with Gasteiger partial charge in [-0.2, -0.15) is 0 Å². The first kappa shape index (κ1) is 13.9. The van der Waals surface area contributed by atoms with Crippen LogP contribution in [-0.4, -0.2) is 22.1 Å². The third kappa shape index (κ3) is 3.74. The van der Waals surface area contributed by atoms with Gasteiger partial charge in [-0.25, -0.2) is 4.39 Å². The van der Waals surface area contributed by atoms with Crippen molar-refractivity contribution in [3.8, 4) is 0 Å². The lowest BCUT2D eigenvalue weighted by molar-refractivity contribution is 0.0934. The smallest absolute Gasteiger partial charge is 0.272 e. The van der Waals surface area contributed by atoms with Crippen LogP contribution in [0.25, 0.3) is 0 Å². The van der Waals surface area contributed by atoms with Crippen LogP contribution in [0.5, 0.6) is 0 Å². The molecule has 5 nitrogen and oxygen atoms in total. The first-order valence-electron chi connectivity index (χ1n) is 6.19. The molecular formula is C14H15FN4O. The van der Waals surface area contributed by atoms with E-state index in [0.29, 0.717) is 6.42 Å². The van der Waals surface area contributed by atoms with E-state index in [1.165, 1.54) is 24.3 Å². The Balaban J connectivity index is 1.93. The van der Waals surface area contributed by atoms with Gasteiger partial charge in [0.25, 0.3) is 5.91 Å². The summed E-state index contributed by atoms with van der Waals surface area (Å²) in [5.41, 5.74) is 6.57. The van der Waals surface area contributed by atoms with Gasteiger partial charge in [0, 0.05) is 6.04 Å². The third-order valence-corrected chi connectivity index (χ3v) is 2.75. The lowest BCUT2D eigenvalue weighted by Crippen LogP contribution is -2.34. The van der Waals surface area contributed by atoms with E-state index >= 15 is 0 Å². The van der Waals surface area contributed by atoms with Crippen molar-refractivity contribution in [3.05, 3.63) is 53.5 Å². The Morgan fingerprint density at radius 1 is 1.25 bits per heavy atom. The average Bonchev–Trinajstić information content (AvgIpc) is 2.42. The maximum absolute atomic E-state index is 12.8. The highest BCUT2D eigenvalue weighted by molar-refractivity contribution is 5.92. The Morgan fingerprint density at radius 2 is 1.95 bits per heavy atom. The maximum Gasteiger partial charge on any atom is 0.272 e. The minimum Gasteiger partial charge on any atom is -0.382 e. The molecule has 3 N–H and O–H groups in total. The second-order valence-electron chi connectivity index (χ2n) is 4.55. The maximum atomic E-state index is 12.8. The van der Waals surface area contributed by atoms with E-state index in [0.717, 1.165) is 5.56 Å². The Morgan fingerprint density at radius 3 is 2.55 bits per heavy atom. The summed E-state index contributed by atoms with van der Waals surface area (Å²) >= 11 is 0. The molecule has 0 aliphatic heterocycles. The molecule has 0 radical (unpaired) electrons. The number of carbonyl (C=O) groups is 1. The van der Waals surface area contributed by atoms with E-state index in [2.05, 4.69) is 15.5 Å². The summed E-state index contributed by atoms with van der Waals surface area (Å²) < 4.78 is 12.8. The minimum absolute atomic E-state index is 0.104. The highest BCUT2D eigenvalue weighted by atomic mass is 19.1. The van der Waals surface area contributed by atoms with E-state index in [9.17, 15) is 9.18 Å². The zero-order valence-corrected chi connectivity index (χ0v) is 11.0. The molecule has 0 spiro atoms. The Kier molecular flexibility index (Phi) is 4.24. The molecule has 104 valence electrons. The monoisotopic (exact) mass is 274 g/mol. The zero-order valence-electron chi connectivity index (χ0n) is 11.0. The number of rotatable bonds is 4. The topological polar surface area (TPSA) is 80.9 Å². The normalized spacial score (nSPS) is 11.9. The van der Waals surface area contributed by atoms with Gasteiger partial charge in [0.15, 0.2) is 5.69 Å². The summed E-state index contributed by atoms with van der Waals surface area (Å²) in [4.78, 5) is 11.9. The fraction of sp³-hybridized carbons (Fsp3) is 0.214. The van der Waals surface area contributed by atoms with Gasteiger partial charge < -0.3 is 11.1 Å². The number of hydrogen-bond acceptors (Lipinski definition) is 4. The van der Waals surface area contributed by atoms with Crippen molar-refractivity contribution in [2.45, 2.75) is 19.4 Å². The van der Waals surface area contributed by atoms with Gasteiger partial charge in [0.05, 0.1) is 0 Å². The minimum atomic E-state index is -0.313. The second-order valence-corrected chi connectivity index (χ2v) is 4.55. The van der Waals surface area contributed by atoms with Gasteiger partial charge in [0.2, 0.25) is 0 Å². The lowest BCUT2D eigenvalue weighted by atomic mass is 10.1. The summed E-state index contributed by atoms with van der Waals surface area (Å²) in [6.07, 6.45) is 0.606. The van der Waals surface area contributed by atoms with Crippen molar-refractivity contribution in [1.82, 2.24) is 15.5 Å². The Labute approximate surface area is 116 Å². The van der Waals surface area contributed by atoms with E-state index in [1.807, 2.05) is 6.92 Å². The molecule has 1 heterocycles. The van der Waals surface area contributed by atoms with Crippen molar-refractivity contribution in [2.75, 3.05) is 5.73 Å². The van der Waals surface area contributed by atoms with Crippen LogP contribution in [0.2, 0.25) is 0 Å². The first-order valence-corrected chi connectivity index (χ1v) is 6.19. The summed E-state index contributed by atoms with van der Waals surface area (Å²) in [6.45, 7) is 1.87. The van der Waals surface area contributed by atoms with Gasteiger partial charge in [-0.15, -0.1) is 10.2 Å². The van der Waals surface area contributed by atoms with Crippen LogP contribution in [0.15, 0.2) is 36.4 Å². The molecule has 2 aromatic rings. The highest BCUT2D eigenvalue weighted by Gasteiger charge is 2.12. The Bertz CT molecular complexity index is 583. The molecule has 0 aliphatic carbocycles. The molecule has 1 atom stereocenters. The number of nitrogens with zero attached hydrogens (tertiary/aromatic N) is 2. The number of aromatic nitrogens is 2. The second kappa shape index (κ2) is 6.10. The molecule has 2 rings (SSSR count). The molecule has 1 amide bonds. The van der Waals surface area contributed by atoms with Crippen molar-refractivity contribution in [3.63, 3.8) is 0 Å². The van der Waals surface area contributed by atoms with Crippen molar-refractivity contribution in [1.29, 1.82) is 0 Å². The summed E-state index contributed by atoms with van der Waals surface area (Å²) in [5.74, 6) is -0.324. The number of amides is 1. The summed E-state index contributed by atoms with van der Waals surface area (Å²) in [5, 5.41) is 10.1. The quantitative estimate of drug-likeness (QED) is 0.886. The van der Waals surface area contributed by atoms with Gasteiger partial charge in [-0.1, -0.05) is 12.1 Å². The number of benzene rings is 1. The molecule has 0 bridgehead atoms. The molecular weight excluding hydrogens is 259 g/mol. The van der Waals surface area contributed by atoms with Crippen molar-refractivity contribution < 1.29 is 9.18 Å². The van der Waals surface area contributed by atoms with Crippen LogP contribution in [0.1, 0.15) is 23.0 Å². The lowest BCUT2D eigenvalue weighted by Gasteiger charge is -2.13. The predicted octanol–water partition coefficient (Wildman–Crippen LogP) is 1.56. The van der Waals surface area contributed by atoms with E-state index in [4.69, 9.17) is 5.73 Å². The number of nitrogen functional groups attached to an aromatic ring is 1. The van der Waals surface area contributed by atoms with E-state index < -0.39 is 0 Å². The van der Waals surface area contributed by atoms with Crippen LogP contribution in [0.4, 0.5) is 10.2 Å². The number of carbonyl (C=O) groups excluding carboxylic acids is 1. The number of halogens is 1.